The number of rotatable bonds is 2. The van der Waals surface area contributed by atoms with Gasteiger partial charge in [0, 0.05) is 5.56 Å². The van der Waals surface area contributed by atoms with Crippen LogP contribution in [0.5, 0.6) is 0 Å². The van der Waals surface area contributed by atoms with E-state index in [1.54, 1.807) is 0 Å². The third kappa shape index (κ3) is 2.10. The van der Waals surface area contributed by atoms with E-state index in [-0.39, 0.29) is 0 Å². The number of hydrogen-bond acceptors (Lipinski definition) is 1. The van der Waals surface area contributed by atoms with Crippen molar-refractivity contribution in [1.82, 2.24) is 0 Å². The number of benzene rings is 1. The summed E-state index contributed by atoms with van der Waals surface area (Å²) >= 11 is 0. The summed E-state index contributed by atoms with van der Waals surface area (Å²) in [7, 11) is 0. The van der Waals surface area contributed by atoms with Crippen LogP contribution >= 0.6 is 0 Å². The van der Waals surface area contributed by atoms with Crippen LogP contribution in [-0.2, 0) is 5.41 Å². The van der Waals surface area contributed by atoms with Gasteiger partial charge in [-0.2, -0.15) is 43.9 Å². The Morgan fingerprint density at radius 1 is 0.556 bits per heavy atom. The molecule has 0 spiro atoms. The molecule has 0 N–H and O–H groups in total. The lowest BCUT2D eigenvalue weighted by atomic mass is 9.54. The second-order valence-electron chi connectivity index (χ2n) is 5.23. The van der Waals surface area contributed by atoms with Gasteiger partial charge in [0.15, 0.2) is 29.1 Å². The number of ketones is 1. The predicted octanol–water partition coefficient (Wildman–Crippen LogP) is 5.07. The number of fused-ring (bicyclic) bond motifs is 1. The van der Waals surface area contributed by atoms with E-state index in [1.807, 2.05) is 0 Å². The van der Waals surface area contributed by atoms with Crippen molar-refractivity contribution in [2.24, 2.45) is 0 Å². The molecule has 152 valence electrons. The first-order chi connectivity index (χ1) is 11.8. The minimum atomic E-state index is -7.36. The summed E-state index contributed by atoms with van der Waals surface area (Å²) in [5.41, 5.74) is -12.3. The molecule has 0 heterocycles. The monoisotopic (exact) mass is 426 g/mol. The van der Waals surface area contributed by atoms with E-state index in [2.05, 4.69) is 0 Å². The third-order valence-corrected chi connectivity index (χ3v) is 3.86. The van der Waals surface area contributed by atoms with Crippen LogP contribution < -0.4 is 0 Å². The lowest BCUT2D eigenvalue weighted by Gasteiger charge is -2.50. The summed E-state index contributed by atoms with van der Waals surface area (Å²) in [6.45, 7) is 0. The molecule has 0 fully saturated rings. The van der Waals surface area contributed by atoms with E-state index in [0.717, 1.165) is 0 Å². The van der Waals surface area contributed by atoms with E-state index < -0.39 is 69.8 Å². The zero-order chi connectivity index (χ0) is 21.5. The Balaban J connectivity index is 3.12. The second kappa shape index (κ2) is 5.25. The quantitative estimate of drug-likeness (QED) is 0.367. The highest BCUT2D eigenvalue weighted by Gasteiger charge is 2.92. The molecular formula is C12F14O. The molecular weight excluding hydrogens is 426 g/mol. The van der Waals surface area contributed by atoms with Crippen molar-refractivity contribution in [3.8, 4) is 0 Å². The van der Waals surface area contributed by atoms with Crippen molar-refractivity contribution in [1.29, 1.82) is 0 Å². The minimum absolute atomic E-state index is 2.61. The number of halogens is 14. The lowest BCUT2D eigenvalue weighted by molar-refractivity contribution is -0.374. The van der Waals surface area contributed by atoms with Crippen LogP contribution in [0, 0.1) is 23.3 Å². The molecule has 0 bridgehead atoms. The van der Waals surface area contributed by atoms with Crippen molar-refractivity contribution in [2.45, 2.75) is 29.6 Å². The smallest absolute Gasteiger partial charge is 0.293 e. The topological polar surface area (TPSA) is 17.1 Å². The molecule has 1 aromatic rings. The van der Waals surface area contributed by atoms with Crippen molar-refractivity contribution in [2.75, 3.05) is 0 Å². The molecule has 0 saturated carbocycles. The fraction of sp³-hybridized carbons (Fsp3) is 0.417. The maximum Gasteiger partial charge on any atom is 0.455 e. The van der Waals surface area contributed by atoms with Gasteiger partial charge in [0.25, 0.3) is 0 Å². The van der Waals surface area contributed by atoms with Gasteiger partial charge in [-0.05, 0) is 0 Å². The van der Waals surface area contributed by atoms with Crippen molar-refractivity contribution >= 4 is 5.78 Å². The highest BCUT2D eigenvalue weighted by atomic mass is 19.4. The second-order valence-corrected chi connectivity index (χ2v) is 5.23. The Morgan fingerprint density at radius 3 is 1.22 bits per heavy atom. The van der Waals surface area contributed by atoms with Gasteiger partial charge >= 0.3 is 24.2 Å². The molecule has 1 aromatic carbocycles. The number of alkyl halides is 10. The fourth-order valence-corrected chi connectivity index (χ4v) is 2.66. The molecule has 27 heavy (non-hydrogen) atoms. The van der Waals surface area contributed by atoms with Crippen LogP contribution in [0.3, 0.4) is 0 Å². The Kier molecular flexibility index (Phi) is 4.12. The number of Topliss-reactive ketones (excluding diaryl/α,β-unsaturated/α-hetero) is 1. The molecule has 1 aliphatic carbocycles. The van der Waals surface area contributed by atoms with Gasteiger partial charge in [-0.25, -0.2) is 17.6 Å². The summed E-state index contributed by atoms with van der Waals surface area (Å²) in [5, 5.41) is 0. The average molecular weight is 426 g/mol. The summed E-state index contributed by atoms with van der Waals surface area (Å²) < 4.78 is 183. The average Bonchev–Trinajstić information content (AvgIpc) is 2.46. The van der Waals surface area contributed by atoms with E-state index in [9.17, 15) is 66.3 Å². The Hall–Kier alpha value is -2.09. The predicted molar refractivity (Wildman–Crippen MR) is 54.3 cm³/mol. The largest absolute Gasteiger partial charge is 0.455 e. The summed E-state index contributed by atoms with van der Waals surface area (Å²) in [5.74, 6) is -31.0. The Morgan fingerprint density at radius 2 is 0.889 bits per heavy atom. The van der Waals surface area contributed by atoms with Crippen molar-refractivity contribution in [3.63, 3.8) is 0 Å². The van der Waals surface area contributed by atoms with Crippen LogP contribution in [-0.4, -0.2) is 30.0 Å². The molecule has 0 aliphatic heterocycles. The van der Waals surface area contributed by atoms with Gasteiger partial charge in [0.2, 0.25) is 5.41 Å². The number of carbonyl (C=O) groups excluding carboxylic acids is 1. The minimum Gasteiger partial charge on any atom is -0.293 e. The van der Waals surface area contributed by atoms with Gasteiger partial charge in [-0.15, -0.1) is 0 Å². The van der Waals surface area contributed by atoms with Gasteiger partial charge in [-0.3, -0.25) is 4.79 Å². The highest BCUT2D eigenvalue weighted by Crippen LogP contribution is 2.67. The Labute approximate surface area is 137 Å². The van der Waals surface area contributed by atoms with Gasteiger partial charge in [-0.1, -0.05) is 0 Å². The van der Waals surface area contributed by atoms with Crippen LogP contribution in [0.1, 0.15) is 15.9 Å². The van der Waals surface area contributed by atoms with E-state index in [1.165, 1.54) is 0 Å². The number of carbonyl (C=O) groups is 1. The zero-order valence-electron chi connectivity index (χ0n) is 11.7. The van der Waals surface area contributed by atoms with Crippen molar-refractivity contribution < 1.29 is 66.3 Å². The zero-order valence-corrected chi connectivity index (χ0v) is 11.7. The van der Waals surface area contributed by atoms with Crippen LogP contribution in [0.2, 0.25) is 0 Å². The molecule has 0 amide bonds. The first kappa shape index (κ1) is 21.2. The van der Waals surface area contributed by atoms with E-state index in [0.29, 0.717) is 0 Å². The van der Waals surface area contributed by atoms with E-state index in [4.69, 9.17) is 0 Å². The molecule has 1 nitrogen and oxygen atoms in total. The SMILES string of the molecule is O=C1c2c(F)c(F)c(F)c(F)c2C1(C(F)(F)C(F)(F)F)C(F)(F)C(F)(F)F. The molecule has 0 atom stereocenters. The molecule has 1 aliphatic rings. The summed E-state index contributed by atoms with van der Waals surface area (Å²) in [6.07, 6.45) is -14.7. The standard InChI is InChI=1S/C12F14O/c13-3-1-2(4(14)6(16)5(3)15)8(7(1)27,9(17,18)11(21,22)23)10(19,20)12(24,25)26. The first-order valence-electron chi connectivity index (χ1n) is 6.10. The van der Waals surface area contributed by atoms with E-state index >= 15 is 0 Å². The lowest BCUT2D eigenvalue weighted by Crippen LogP contribution is -2.76. The summed E-state index contributed by atoms with van der Waals surface area (Å²) in [4.78, 5) is 11.5. The number of hydrogen-bond donors (Lipinski definition) is 0. The maximum atomic E-state index is 13.7. The van der Waals surface area contributed by atoms with Gasteiger partial charge in [0.05, 0.1) is 5.56 Å². The van der Waals surface area contributed by atoms with Gasteiger partial charge in [0.1, 0.15) is 0 Å². The molecule has 0 radical (unpaired) electrons. The van der Waals surface area contributed by atoms with Crippen LogP contribution in [0.15, 0.2) is 0 Å². The van der Waals surface area contributed by atoms with Crippen molar-refractivity contribution in [3.05, 3.63) is 34.4 Å². The first-order valence-corrected chi connectivity index (χ1v) is 6.10. The van der Waals surface area contributed by atoms with Gasteiger partial charge < -0.3 is 0 Å². The molecule has 15 heteroatoms. The fourth-order valence-electron chi connectivity index (χ4n) is 2.66. The highest BCUT2D eigenvalue weighted by molar-refractivity contribution is 6.16. The molecule has 0 saturated heterocycles. The maximum absolute atomic E-state index is 13.7. The van der Waals surface area contributed by atoms with Crippen LogP contribution in [0.4, 0.5) is 61.5 Å². The summed E-state index contributed by atoms with van der Waals surface area (Å²) in [6, 6.07) is 0. The molecule has 2 rings (SSSR count). The normalized spacial score (nSPS) is 17.6. The van der Waals surface area contributed by atoms with Crippen LogP contribution in [0.25, 0.3) is 0 Å². The Bertz CT molecular complexity index is 804. The molecule has 0 aromatic heterocycles. The third-order valence-electron chi connectivity index (χ3n) is 3.86. The molecule has 0 unspecified atom stereocenters.